The van der Waals surface area contributed by atoms with Gasteiger partial charge >= 0.3 is 6.09 Å². The van der Waals surface area contributed by atoms with Crippen LogP contribution in [-0.4, -0.2) is 62.2 Å². The quantitative estimate of drug-likeness (QED) is 0.143. The zero-order valence-corrected chi connectivity index (χ0v) is 26.1. The first kappa shape index (κ1) is 33.5. The van der Waals surface area contributed by atoms with Crippen LogP contribution in [0.25, 0.3) is 0 Å². The van der Waals surface area contributed by atoms with Crippen molar-refractivity contribution in [3.05, 3.63) is 58.6 Å². The maximum absolute atomic E-state index is 12.5. The number of nitrogens with zero attached hydrogens (tertiary/aromatic N) is 2. The summed E-state index contributed by atoms with van der Waals surface area (Å²) >= 11 is 18.5. The second-order valence-corrected chi connectivity index (χ2v) is 12.9. The van der Waals surface area contributed by atoms with E-state index < -0.39 is 21.7 Å². The van der Waals surface area contributed by atoms with Gasteiger partial charge in [0.25, 0.3) is 0 Å². The smallest absolute Gasteiger partial charge is 0.424 e. The van der Waals surface area contributed by atoms with Crippen molar-refractivity contribution in [3.8, 4) is 11.5 Å². The molecule has 0 radical (unpaired) electrons. The van der Waals surface area contributed by atoms with Crippen molar-refractivity contribution in [1.29, 1.82) is 0 Å². The Morgan fingerprint density at radius 3 is 2.05 bits per heavy atom. The fraction of sp³-hybridized carbons (Fsp3) is 0.407. The molecule has 0 bridgehead atoms. The molecule has 2 rings (SSSR count). The molecular weight excluding hydrogens is 603 g/mol. The van der Waals surface area contributed by atoms with Crippen LogP contribution in [0, 0.1) is 0 Å². The summed E-state index contributed by atoms with van der Waals surface area (Å²) in [6, 6.07) is 9.75. The zero-order chi connectivity index (χ0) is 30.3. The molecule has 2 aromatic carbocycles. The molecule has 40 heavy (non-hydrogen) atoms. The number of carbonyl (C=O) groups excluding carboxylic acids is 2. The van der Waals surface area contributed by atoms with Gasteiger partial charge in [0, 0.05) is 18.5 Å². The monoisotopic (exact) mass is 634 g/mol. The number of amides is 2. The lowest BCUT2D eigenvalue weighted by atomic mass is 10.2. The lowest BCUT2D eigenvalue weighted by Crippen LogP contribution is -2.41. The second kappa shape index (κ2) is 14.3. The molecule has 0 aliphatic carbocycles. The summed E-state index contributed by atoms with van der Waals surface area (Å²) in [4.78, 5) is 26.4. The molecule has 0 saturated carbocycles. The lowest BCUT2D eigenvalue weighted by Gasteiger charge is -2.26. The number of ether oxygens (including phenoxy) is 3. The number of alkyl halides is 1. The van der Waals surface area contributed by atoms with Gasteiger partial charge in [0.15, 0.2) is 5.75 Å². The van der Waals surface area contributed by atoms with Gasteiger partial charge in [0.05, 0.1) is 35.1 Å². The summed E-state index contributed by atoms with van der Waals surface area (Å²) in [6.07, 6.45) is 0.532. The highest BCUT2D eigenvalue weighted by atomic mass is 35.5. The van der Waals surface area contributed by atoms with Crippen molar-refractivity contribution >= 4 is 68.2 Å². The molecule has 2 aromatic rings. The molecule has 0 aliphatic rings. The fourth-order valence-corrected chi connectivity index (χ4v) is 4.73. The van der Waals surface area contributed by atoms with E-state index >= 15 is 0 Å². The Labute approximate surface area is 250 Å². The summed E-state index contributed by atoms with van der Waals surface area (Å²) < 4.78 is 41.4. The zero-order valence-electron chi connectivity index (χ0n) is 23.0. The predicted octanol–water partition coefficient (Wildman–Crippen LogP) is 6.82. The van der Waals surface area contributed by atoms with Gasteiger partial charge in [-0.25, -0.2) is 17.5 Å². The van der Waals surface area contributed by atoms with Gasteiger partial charge in [-0.1, -0.05) is 29.8 Å². The fourth-order valence-electron chi connectivity index (χ4n) is 3.31. The highest BCUT2D eigenvalue weighted by Gasteiger charge is 2.29. The molecular formula is C27H33Cl3N2O7S. The largest absolute Gasteiger partial charge is 0.490 e. The third-order valence-corrected chi connectivity index (χ3v) is 6.89. The summed E-state index contributed by atoms with van der Waals surface area (Å²) in [5.41, 5.74) is 0.416. The number of hydrogen-bond donors (Lipinski definition) is 0. The van der Waals surface area contributed by atoms with E-state index in [-0.39, 0.29) is 29.1 Å². The minimum atomic E-state index is -3.91. The van der Waals surface area contributed by atoms with Crippen LogP contribution in [0.4, 0.5) is 16.2 Å². The molecule has 0 N–H and O–H groups in total. The Morgan fingerprint density at radius 2 is 1.57 bits per heavy atom. The lowest BCUT2D eigenvalue weighted by molar-refractivity contribution is -0.115. The SMILES string of the molecule is C=C(COc1ccc(N(C(C)=O)c2cc(Cl)c(OCCCCl)c(Cl)c2)cc1)CN(C(=O)OC(C)(C)C)S(C)(=O)=O. The van der Waals surface area contributed by atoms with E-state index in [0.717, 1.165) is 6.26 Å². The molecule has 0 fully saturated rings. The van der Waals surface area contributed by atoms with Crippen LogP contribution in [0.2, 0.25) is 10.0 Å². The first-order valence-electron chi connectivity index (χ1n) is 12.1. The Morgan fingerprint density at radius 1 is 1.00 bits per heavy atom. The number of rotatable bonds is 12. The first-order valence-corrected chi connectivity index (χ1v) is 15.3. The predicted molar refractivity (Wildman–Crippen MR) is 159 cm³/mol. The van der Waals surface area contributed by atoms with Crippen molar-refractivity contribution < 1.29 is 32.2 Å². The molecule has 0 unspecified atom stereocenters. The Hall–Kier alpha value is -2.66. The van der Waals surface area contributed by atoms with Crippen molar-refractivity contribution in [1.82, 2.24) is 4.31 Å². The normalized spacial score (nSPS) is 11.5. The summed E-state index contributed by atoms with van der Waals surface area (Å²) in [5, 5.41) is 0.493. The standard InChI is InChI=1S/C27H33Cl3N2O7S/c1-18(16-31(40(6,35)36)26(34)39-27(3,4)5)17-38-22-10-8-20(9-11-22)32(19(2)33)21-14-23(29)25(24(30)15-21)37-13-7-12-28/h8-11,14-15H,1,7,12-13,16-17H2,2-6H3. The van der Waals surface area contributed by atoms with Crippen LogP contribution in [0.3, 0.4) is 0 Å². The topological polar surface area (TPSA) is 102 Å². The second-order valence-electron chi connectivity index (χ2n) is 9.77. The van der Waals surface area contributed by atoms with Gasteiger partial charge in [0.2, 0.25) is 15.9 Å². The highest BCUT2D eigenvalue weighted by Crippen LogP contribution is 2.39. The van der Waals surface area contributed by atoms with Crippen LogP contribution in [0.5, 0.6) is 11.5 Å². The maximum Gasteiger partial charge on any atom is 0.424 e. The van der Waals surface area contributed by atoms with Crippen molar-refractivity contribution in [3.63, 3.8) is 0 Å². The third-order valence-electron chi connectivity index (χ3n) is 4.98. The van der Waals surface area contributed by atoms with Gasteiger partial charge in [-0.05, 0) is 69.2 Å². The van der Waals surface area contributed by atoms with Crippen LogP contribution < -0.4 is 14.4 Å². The van der Waals surface area contributed by atoms with Gasteiger partial charge < -0.3 is 14.2 Å². The summed E-state index contributed by atoms with van der Waals surface area (Å²) in [6.45, 7) is 10.1. The van der Waals surface area contributed by atoms with Crippen LogP contribution in [-0.2, 0) is 19.6 Å². The summed E-state index contributed by atoms with van der Waals surface area (Å²) in [5.74, 6) is 0.888. The van der Waals surface area contributed by atoms with E-state index in [1.165, 1.54) is 11.8 Å². The van der Waals surface area contributed by atoms with Gasteiger partial charge in [-0.15, -0.1) is 11.6 Å². The number of benzene rings is 2. The van der Waals surface area contributed by atoms with Crippen molar-refractivity contribution in [2.45, 2.75) is 39.7 Å². The third kappa shape index (κ3) is 10.1. The molecule has 0 spiro atoms. The summed E-state index contributed by atoms with van der Waals surface area (Å²) in [7, 11) is -3.91. The van der Waals surface area contributed by atoms with E-state index in [4.69, 9.17) is 49.0 Å². The maximum atomic E-state index is 12.5. The number of anilines is 2. The van der Waals surface area contributed by atoms with Gasteiger partial charge in [-0.2, -0.15) is 0 Å². The van der Waals surface area contributed by atoms with E-state index in [9.17, 15) is 18.0 Å². The first-order chi connectivity index (χ1) is 18.5. The van der Waals surface area contributed by atoms with Crippen LogP contribution in [0.1, 0.15) is 34.1 Å². The van der Waals surface area contributed by atoms with Crippen molar-refractivity contribution in [2.24, 2.45) is 0 Å². The van der Waals surface area contributed by atoms with E-state index in [1.54, 1.807) is 57.2 Å². The molecule has 9 nitrogen and oxygen atoms in total. The molecule has 13 heteroatoms. The van der Waals surface area contributed by atoms with Gasteiger partial charge in [0.1, 0.15) is 18.0 Å². The molecule has 0 heterocycles. The Bertz CT molecular complexity index is 1300. The Balaban J connectivity index is 2.13. The number of halogens is 3. The molecule has 0 aromatic heterocycles. The van der Waals surface area contributed by atoms with E-state index in [1.807, 2.05) is 0 Å². The minimum absolute atomic E-state index is 0.0685. The average molecular weight is 636 g/mol. The molecule has 220 valence electrons. The van der Waals surface area contributed by atoms with E-state index in [0.29, 0.717) is 51.7 Å². The molecule has 0 atom stereocenters. The highest BCUT2D eigenvalue weighted by molar-refractivity contribution is 7.88. The van der Waals surface area contributed by atoms with E-state index in [2.05, 4.69) is 6.58 Å². The molecule has 2 amide bonds. The number of carbonyl (C=O) groups is 2. The van der Waals surface area contributed by atoms with Crippen LogP contribution >= 0.6 is 34.8 Å². The molecule has 0 saturated heterocycles. The minimum Gasteiger partial charge on any atom is -0.490 e. The number of hydrogen-bond acceptors (Lipinski definition) is 7. The van der Waals surface area contributed by atoms with Crippen molar-refractivity contribution in [2.75, 3.05) is 36.8 Å². The van der Waals surface area contributed by atoms with Crippen LogP contribution in [0.15, 0.2) is 48.6 Å². The number of sulfonamides is 1. The molecule has 0 aliphatic heterocycles. The average Bonchev–Trinajstić information content (AvgIpc) is 2.82. The Kier molecular flexibility index (Phi) is 12.0. The van der Waals surface area contributed by atoms with Gasteiger partial charge in [-0.3, -0.25) is 9.69 Å².